The Balaban J connectivity index is 1.85. The molecule has 4 rings (SSSR count). The van der Waals surface area contributed by atoms with Crippen LogP contribution in [0.5, 0.6) is 0 Å². The number of morpholine rings is 1. The van der Waals surface area contributed by atoms with Crippen molar-refractivity contribution in [2.45, 2.75) is 26.3 Å². The van der Waals surface area contributed by atoms with Crippen LogP contribution in [0.1, 0.15) is 25.8 Å². The third-order valence-corrected chi connectivity index (χ3v) is 6.52. The predicted molar refractivity (Wildman–Crippen MR) is 119 cm³/mol. The zero-order valence-corrected chi connectivity index (χ0v) is 18.0. The molecule has 2 fully saturated rings. The van der Waals surface area contributed by atoms with Gasteiger partial charge in [-0.3, -0.25) is 18.9 Å². The van der Waals surface area contributed by atoms with Crippen molar-refractivity contribution in [3.8, 4) is 0 Å². The lowest BCUT2D eigenvalue weighted by atomic mass is 10.2. The highest BCUT2D eigenvalue weighted by atomic mass is 32.2. The fourth-order valence-electron chi connectivity index (χ4n) is 3.41. The van der Waals surface area contributed by atoms with E-state index in [1.807, 2.05) is 24.8 Å². The van der Waals surface area contributed by atoms with E-state index in [0.717, 1.165) is 6.42 Å². The van der Waals surface area contributed by atoms with Crippen LogP contribution in [0.4, 0.5) is 5.82 Å². The molecule has 29 heavy (non-hydrogen) atoms. The van der Waals surface area contributed by atoms with Gasteiger partial charge >= 0.3 is 0 Å². The van der Waals surface area contributed by atoms with Gasteiger partial charge in [-0.25, -0.2) is 4.98 Å². The third-order valence-electron chi connectivity index (χ3n) is 5.19. The van der Waals surface area contributed by atoms with Crippen LogP contribution < -0.4 is 10.5 Å². The van der Waals surface area contributed by atoms with E-state index in [4.69, 9.17) is 21.9 Å². The second-order valence-electron chi connectivity index (χ2n) is 6.99. The normalized spacial score (nSPS) is 20.1. The summed E-state index contributed by atoms with van der Waals surface area (Å²) in [4.78, 5) is 35.1. The van der Waals surface area contributed by atoms with Crippen LogP contribution in [0, 0.1) is 0 Å². The maximum Gasteiger partial charge on any atom is 0.267 e. The molecule has 0 aliphatic carbocycles. The van der Waals surface area contributed by atoms with Crippen LogP contribution in [-0.4, -0.2) is 56.9 Å². The van der Waals surface area contributed by atoms with Gasteiger partial charge in [-0.2, -0.15) is 0 Å². The Morgan fingerprint density at radius 1 is 1.31 bits per heavy atom. The fraction of sp³-hybridized carbons (Fsp3) is 0.400. The van der Waals surface area contributed by atoms with Crippen molar-refractivity contribution >= 4 is 51.7 Å². The van der Waals surface area contributed by atoms with E-state index < -0.39 is 0 Å². The lowest BCUT2D eigenvalue weighted by Gasteiger charge is -2.29. The van der Waals surface area contributed by atoms with Gasteiger partial charge < -0.3 is 9.64 Å². The van der Waals surface area contributed by atoms with Gasteiger partial charge in [-0.1, -0.05) is 37.0 Å². The molecule has 2 aliphatic heterocycles. The van der Waals surface area contributed by atoms with Gasteiger partial charge in [0.25, 0.3) is 11.5 Å². The predicted octanol–water partition coefficient (Wildman–Crippen LogP) is 2.53. The monoisotopic (exact) mass is 430 g/mol. The number of ether oxygens (including phenoxy) is 1. The SMILES string of the molecule is CC[C@@H](C)N1C(=O)/C(=C/c2c(N3CCOCC3)nc3ccccn3c2=O)SC1=S. The summed E-state index contributed by atoms with van der Waals surface area (Å²) in [6.07, 6.45) is 4.15. The molecule has 0 N–H and O–H groups in total. The Kier molecular flexibility index (Phi) is 5.71. The number of rotatable bonds is 4. The molecular weight excluding hydrogens is 408 g/mol. The van der Waals surface area contributed by atoms with Gasteiger partial charge in [-0.15, -0.1) is 0 Å². The number of aromatic nitrogens is 2. The van der Waals surface area contributed by atoms with Gasteiger partial charge in [-0.05, 0) is 31.6 Å². The second kappa shape index (κ2) is 8.25. The van der Waals surface area contributed by atoms with E-state index >= 15 is 0 Å². The number of pyridine rings is 1. The van der Waals surface area contributed by atoms with Gasteiger partial charge in [0.2, 0.25) is 0 Å². The van der Waals surface area contributed by atoms with Crippen molar-refractivity contribution in [3.05, 3.63) is 45.2 Å². The number of amides is 1. The number of nitrogens with zero attached hydrogens (tertiary/aromatic N) is 4. The van der Waals surface area contributed by atoms with Crippen molar-refractivity contribution in [1.29, 1.82) is 0 Å². The molecule has 1 amide bonds. The molecule has 0 unspecified atom stereocenters. The first kappa shape index (κ1) is 20.1. The Morgan fingerprint density at radius 2 is 2.07 bits per heavy atom. The minimum Gasteiger partial charge on any atom is -0.378 e. The Morgan fingerprint density at radius 3 is 2.79 bits per heavy atom. The van der Waals surface area contributed by atoms with Crippen molar-refractivity contribution < 1.29 is 9.53 Å². The van der Waals surface area contributed by atoms with Crippen molar-refractivity contribution in [1.82, 2.24) is 14.3 Å². The lowest BCUT2D eigenvalue weighted by molar-refractivity contribution is -0.123. The van der Waals surface area contributed by atoms with E-state index in [1.165, 1.54) is 16.2 Å². The molecule has 2 aliphatic rings. The Hall–Kier alpha value is -2.23. The minimum atomic E-state index is -0.203. The smallest absolute Gasteiger partial charge is 0.267 e. The van der Waals surface area contributed by atoms with Gasteiger partial charge in [0, 0.05) is 25.3 Å². The Bertz CT molecular complexity index is 1060. The summed E-state index contributed by atoms with van der Waals surface area (Å²) in [5.74, 6) is 0.429. The zero-order chi connectivity index (χ0) is 20.5. The van der Waals surface area contributed by atoms with Crippen molar-refractivity contribution in [2.24, 2.45) is 0 Å². The number of carbonyl (C=O) groups is 1. The number of carbonyl (C=O) groups excluding carboxylic acids is 1. The summed E-state index contributed by atoms with van der Waals surface area (Å²) < 4.78 is 7.48. The fourth-order valence-corrected chi connectivity index (χ4v) is 4.85. The molecular formula is C20H22N4O3S2. The highest BCUT2D eigenvalue weighted by Crippen LogP contribution is 2.35. The van der Waals surface area contributed by atoms with Gasteiger partial charge in [0.05, 0.1) is 23.7 Å². The lowest BCUT2D eigenvalue weighted by Crippen LogP contribution is -2.38. The second-order valence-corrected chi connectivity index (χ2v) is 8.67. The van der Waals surface area contributed by atoms with Gasteiger partial charge in [0.15, 0.2) is 0 Å². The topological polar surface area (TPSA) is 67.2 Å². The summed E-state index contributed by atoms with van der Waals surface area (Å²) in [5, 5.41) is 0. The van der Waals surface area contributed by atoms with Crippen LogP contribution in [-0.2, 0) is 9.53 Å². The average Bonchev–Trinajstić information content (AvgIpc) is 3.03. The maximum atomic E-state index is 13.3. The van der Waals surface area contributed by atoms with Crippen LogP contribution in [0.2, 0.25) is 0 Å². The van der Waals surface area contributed by atoms with E-state index in [-0.39, 0.29) is 17.5 Å². The van der Waals surface area contributed by atoms with Crippen molar-refractivity contribution in [3.63, 3.8) is 0 Å². The maximum absolute atomic E-state index is 13.3. The molecule has 4 heterocycles. The molecule has 2 aromatic rings. The van der Waals surface area contributed by atoms with Crippen LogP contribution in [0.15, 0.2) is 34.1 Å². The molecule has 0 spiro atoms. The molecule has 7 nitrogen and oxygen atoms in total. The Labute approximate surface area is 178 Å². The number of hydrogen-bond acceptors (Lipinski definition) is 7. The number of thiocarbonyl (C=S) groups is 1. The summed E-state index contributed by atoms with van der Waals surface area (Å²) in [6.45, 7) is 6.42. The number of thioether (sulfide) groups is 1. The standard InChI is InChI=1S/C20H22N4O3S2/c1-3-13(2)24-19(26)15(29-20(24)28)12-14-17(22-8-10-27-11-9-22)21-16-6-4-5-7-23(16)18(14)25/h4-7,12-13H,3,8-11H2,1-2H3/b15-12-/t13-/m1/s1. The molecule has 1 atom stereocenters. The van der Waals surface area contributed by atoms with E-state index in [2.05, 4.69) is 0 Å². The summed E-state index contributed by atoms with van der Waals surface area (Å²) in [5.41, 5.74) is 0.773. The van der Waals surface area contributed by atoms with Crippen LogP contribution in [0.3, 0.4) is 0 Å². The third kappa shape index (κ3) is 3.70. The molecule has 2 aromatic heterocycles. The van der Waals surface area contributed by atoms with Crippen molar-refractivity contribution in [2.75, 3.05) is 31.2 Å². The summed E-state index contributed by atoms with van der Waals surface area (Å²) >= 11 is 6.66. The minimum absolute atomic E-state index is 0.0166. The largest absolute Gasteiger partial charge is 0.378 e. The number of anilines is 1. The molecule has 9 heteroatoms. The molecule has 0 radical (unpaired) electrons. The number of hydrogen-bond donors (Lipinski definition) is 0. The molecule has 0 bridgehead atoms. The molecule has 0 aromatic carbocycles. The first-order valence-corrected chi connectivity index (χ1v) is 10.8. The number of fused-ring (bicyclic) bond motifs is 1. The first-order valence-electron chi connectivity index (χ1n) is 9.62. The highest BCUT2D eigenvalue weighted by Gasteiger charge is 2.35. The molecule has 0 saturated carbocycles. The molecule has 2 saturated heterocycles. The van der Waals surface area contributed by atoms with E-state index in [0.29, 0.717) is 52.6 Å². The van der Waals surface area contributed by atoms with Crippen LogP contribution >= 0.6 is 24.0 Å². The highest BCUT2D eigenvalue weighted by molar-refractivity contribution is 8.26. The summed E-state index contributed by atoms with van der Waals surface area (Å²) in [6, 6.07) is 5.46. The van der Waals surface area contributed by atoms with Gasteiger partial charge in [0.1, 0.15) is 15.8 Å². The van der Waals surface area contributed by atoms with E-state index in [1.54, 1.807) is 29.3 Å². The summed E-state index contributed by atoms with van der Waals surface area (Å²) in [7, 11) is 0. The van der Waals surface area contributed by atoms with Crippen LogP contribution in [0.25, 0.3) is 11.7 Å². The first-order chi connectivity index (χ1) is 14.0. The van der Waals surface area contributed by atoms with E-state index in [9.17, 15) is 9.59 Å². The molecule has 152 valence electrons. The quantitative estimate of drug-likeness (QED) is 0.545. The zero-order valence-electron chi connectivity index (χ0n) is 16.3. The average molecular weight is 431 g/mol.